The highest BCUT2D eigenvalue weighted by Gasteiger charge is 2.27. The Balaban J connectivity index is 2.36. The average molecular weight is 211 g/mol. The van der Waals surface area contributed by atoms with Crippen molar-refractivity contribution in [3.05, 3.63) is 35.4 Å². The Morgan fingerprint density at radius 2 is 2.20 bits per heavy atom. The van der Waals surface area contributed by atoms with E-state index in [4.69, 9.17) is 5.73 Å². The van der Waals surface area contributed by atoms with E-state index in [1.54, 1.807) is 18.0 Å². The third-order valence-electron chi connectivity index (χ3n) is 2.60. The SMILES string of the molecule is CN1C(N)=NCC1c1cccc(F)c1F. The molecule has 80 valence electrons. The Labute approximate surface area is 86.2 Å². The zero-order valence-electron chi connectivity index (χ0n) is 8.24. The number of likely N-dealkylation sites (N-methyl/N-ethyl adjacent to an activating group) is 1. The van der Waals surface area contributed by atoms with Crippen LogP contribution in [-0.4, -0.2) is 24.5 Å². The fourth-order valence-corrected chi connectivity index (χ4v) is 1.66. The third-order valence-corrected chi connectivity index (χ3v) is 2.60. The number of hydrogen-bond acceptors (Lipinski definition) is 3. The molecule has 0 fully saturated rings. The van der Waals surface area contributed by atoms with Crippen LogP contribution >= 0.6 is 0 Å². The molecular weight excluding hydrogens is 200 g/mol. The first kappa shape index (κ1) is 9.89. The van der Waals surface area contributed by atoms with Crippen molar-refractivity contribution < 1.29 is 8.78 Å². The summed E-state index contributed by atoms with van der Waals surface area (Å²) in [5.41, 5.74) is 5.85. The average Bonchev–Trinajstić information content (AvgIpc) is 2.53. The summed E-state index contributed by atoms with van der Waals surface area (Å²) in [7, 11) is 1.71. The van der Waals surface area contributed by atoms with E-state index in [2.05, 4.69) is 4.99 Å². The molecule has 2 rings (SSSR count). The predicted molar refractivity (Wildman–Crippen MR) is 53.4 cm³/mol. The Kier molecular flexibility index (Phi) is 2.30. The molecule has 1 unspecified atom stereocenters. The molecule has 0 spiro atoms. The molecule has 0 radical (unpaired) electrons. The minimum absolute atomic E-state index is 0.293. The number of aliphatic imine (C=N–C) groups is 1. The van der Waals surface area contributed by atoms with Crippen molar-refractivity contribution in [2.45, 2.75) is 6.04 Å². The van der Waals surface area contributed by atoms with Gasteiger partial charge < -0.3 is 10.6 Å². The molecule has 15 heavy (non-hydrogen) atoms. The molecule has 3 nitrogen and oxygen atoms in total. The molecule has 1 atom stereocenters. The standard InChI is InChI=1S/C10H11F2N3/c1-15-8(5-14-10(15)13)6-3-2-4-7(11)9(6)12/h2-4,8H,5H2,1H3,(H2,13,14). The minimum atomic E-state index is -0.841. The van der Waals surface area contributed by atoms with Gasteiger partial charge in [-0.25, -0.2) is 8.78 Å². The van der Waals surface area contributed by atoms with Crippen molar-refractivity contribution in [3.8, 4) is 0 Å². The fourth-order valence-electron chi connectivity index (χ4n) is 1.66. The summed E-state index contributed by atoms with van der Waals surface area (Å²) in [5, 5.41) is 0. The van der Waals surface area contributed by atoms with E-state index in [9.17, 15) is 8.78 Å². The van der Waals surface area contributed by atoms with E-state index in [0.29, 0.717) is 18.1 Å². The van der Waals surface area contributed by atoms with E-state index >= 15 is 0 Å². The van der Waals surface area contributed by atoms with Crippen molar-refractivity contribution in [1.82, 2.24) is 4.90 Å². The minimum Gasteiger partial charge on any atom is -0.370 e. The molecule has 1 heterocycles. The van der Waals surface area contributed by atoms with Gasteiger partial charge in [0, 0.05) is 12.6 Å². The zero-order valence-corrected chi connectivity index (χ0v) is 8.24. The van der Waals surface area contributed by atoms with Crippen molar-refractivity contribution in [3.63, 3.8) is 0 Å². The summed E-state index contributed by atoms with van der Waals surface area (Å²) in [5.74, 6) is -1.31. The van der Waals surface area contributed by atoms with Gasteiger partial charge in [-0.3, -0.25) is 4.99 Å². The van der Waals surface area contributed by atoms with E-state index < -0.39 is 11.6 Å². The van der Waals surface area contributed by atoms with E-state index in [1.165, 1.54) is 6.07 Å². The van der Waals surface area contributed by atoms with Crippen molar-refractivity contribution in [2.24, 2.45) is 10.7 Å². The maximum absolute atomic E-state index is 13.5. The van der Waals surface area contributed by atoms with Crippen molar-refractivity contribution >= 4 is 5.96 Å². The monoisotopic (exact) mass is 211 g/mol. The first-order valence-electron chi connectivity index (χ1n) is 4.58. The van der Waals surface area contributed by atoms with Crippen LogP contribution in [0.25, 0.3) is 0 Å². The lowest BCUT2D eigenvalue weighted by molar-refractivity contribution is 0.389. The van der Waals surface area contributed by atoms with Crippen LogP contribution in [0, 0.1) is 11.6 Å². The highest BCUT2D eigenvalue weighted by atomic mass is 19.2. The van der Waals surface area contributed by atoms with Crippen LogP contribution in [0.4, 0.5) is 8.78 Å². The Morgan fingerprint density at radius 1 is 1.47 bits per heavy atom. The molecule has 2 N–H and O–H groups in total. The third kappa shape index (κ3) is 1.54. The van der Waals surface area contributed by atoms with Gasteiger partial charge >= 0.3 is 0 Å². The second-order valence-corrected chi connectivity index (χ2v) is 3.47. The molecule has 5 heteroatoms. The van der Waals surface area contributed by atoms with Gasteiger partial charge in [0.15, 0.2) is 17.6 Å². The molecule has 0 saturated heterocycles. The molecule has 0 aromatic heterocycles. The maximum atomic E-state index is 13.5. The topological polar surface area (TPSA) is 41.6 Å². The summed E-state index contributed by atoms with van der Waals surface area (Å²) in [6.45, 7) is 0.364. The summed E-state index contributed by atoms with van der Waals surface area (Å²) in [4.78, 5) is 5.61. The number of guanidine groups is 1. The second kappa shape index (κ2) is 3.49. The highest BCUT2D eigenvalue weighted by Crippen LogP contribution is 2.26. The molecule has 0 bridgehead atoms. The van der Waals surface area contributed by atoms with Crippen LogP contribution in [0.15, 0.2) is 23.2 Å². The van der Waals surface area contributed by atoms with E-state index in [1.807, 2.05) is 0 Å². The lowest BCUT2D eigenvalue weighted by Crippen LogP contribution is -2.32. The summed E-state index contributed by atoms with van der Waals surface area (Å²) >= 11 is 0. The van der Waals surface area contributed by atoms with Gasteiger partial charge in [-0.05, 0) is 6.07 Å². The smallest absolute Gasteiger partial charge is 0.191 e. The van der Waals surface area contributed by atoms with Gasteiger partial charge in [0.25, 0.3) is 0 Å². The normalized spacial score (nSPS) is 20.6. The maximum Gasteiger partial charge on any atom is 0.191 e. The van der Waals surface area contributed by atoms with Crippen LogP contribution < -0.4 is 5.73 Å². The van der Waals surface area contributed by atoms with Crippen molar-refractivity contribution in [1.29, 1.82) is 0 Å². The van der Waals surface area contributed by atoms with Crippen molar-refractivity contribution in [2.75, 3.05) is 13.6 Å². The largest absolute Gasteiger partial charge is 0.370 e. The number of benzene rings is 1. The Hall–Kier alpha value is -1.65. The molecule has 0 amide bonds. The van der Waals surface area contributed by atoms with Gasteiger partial charge in [0.1, 0.15) is 0 Å². The lowest BCUT2D eigenvalue weighted by Gasteiger charge is -2.21. The fraction of sp³-hybridized carbons (Fsp3) is 0.300. The number of hydrogen-bond donors (Lipinski definition) is 1. The Morgan fingerprint density at radius 3 is 2.80 bits per heavy atom. The van der Waals surface area contributed by atoms with Gasteiger partial charge in [-0.15, -0.1) is 0 Å². The van der Waals surface area contributed by atoms with Gasteiger partial charge in [0.2, 0.25) is 0 Å². The highest BCUT2D eigenvalue weighted by molar-refractivity contribution is 5.80. The lowest BCUT2D eigenvalue weighted by atomic mass is 10.1. The number of nitrogens with two attached hydrogens (primary N) is 1. The molecule has 1 aromatic carbocycles. The zero-order chi connectivity index (χ0) is 11.0. The molecule has 1 aromatic rings. The number of rotatable bonds is 1. The van der Waals surface area contributed by atoms with E-state index in [-0.39, 0.29) is 6.04 Å². The molecule has 1 aliphatic heterocycles. The first-order chi connectivity index (χ1) is 7.11. The summed E-state index contributed by atoms with van der Waals surface area (Å²) in [6.07, 6.45) is 0. The van der Waals surface area contributed by atoms with Gasteiger partial charge in [-0.2, -0.15) is 0 Å². The number of halogens is 2. The van der Waals surface area contributed by atoms with Crippen LogP contribution in [-0.2, 0) is 0 Å². The second-order valence-electron chi connectivity index (χ2n) is 3.47. The van der Waals surface area contributed by atoms with Crippen LogP contribution in [0.1, 0.15) is 11.6 Å². The van der Waals surface area contributed by atoms with Gasteiger partial charge in [-0.1, -0.05) is 12.1 Å². The Bertz CT molecular complexity index is 417. The first-order valence-corrected chi connectivity index (χ1v) is 4.58. The number of nitrogens with zero attached hydrogens (tertiary/aromatic N) is 2. The van der Waals surface area contributed by atoms with Crippen LogP contribution in [0.3, 0.4) is 0 Å². The quantitative estimate of drug-likeness (QED) is 0.760. The predicted octanol–water partition coefficient (Wildman–Crippen LogP) is 1.27. The molecule has 1 aliphatic rings. The molecule has 0 aliphatic carbocycles. The van der Waals surface area contributed by atoms with Crippen LogP contribution in [0.5, 0.6) is 0 Å². The molecular formula is C10H11F2N3. The molecule has 0 saturated carbocycles. The van der Waals surface area contributed by atoms with Gasteiger partial charge in [0.05, 0.1) is 12.6 Å². The van der Waals surface area contributed by atoms with E-state index in [0.717, 1.165) is 6.07 Å². The van der Waals surface area contributed by atoms with Crippen LogP contribution in [0.2, 0.25) is 0 Å². The summed E-state index contributed by atoms with van der Waals surface area (Å²) in [6, 6.07) is 3.82. The summed E-state index contributed by atoms with van der Waals surface area (Å²) < 4.78 is 26.5.